The number of piperazine rings is 1. The zero-order valence-electron chi connectivity index (χ0n) is 11.6. The van der Waals surface area contributed by atoms with Crippen LogP contribution in [0, 0.1) is 0 Å². The van der Waals surface area contributed by atoms with Crippen LogP contribution in [-0.2, 0) is 5.41 Å². The van der Waals surface area contributed by atoms with Gasteiger partial charge in [0.05, 0.1) is 0 Å². The van der Waals surface area contributed by atoms with Gasteiger partial charge in [0.1, 0.15) is 16.2 Å². The smallest absolute Gasteiger partial charge is 0.137 e. The van der Waals surface area contributed by atoms with Crippen LogP contribution < -0.4 is 4.90 Å². The van der Waals surface area contributed by atoms with Gasteiger partial charge in [0.15, 0.2) is 0 Å². The average molecular weight is 313 g/mol. The number of halogens is 1. The summed E-state index contributed by atoms with van der Waals surface area (Å²) in [7, 11) is 2.16. The summed E-state index contributed by atoms with van der Waals surface area (Å²) in [4.78, 5) is 13.9. The fourth-order valence-corrected chi connectivity index (χ4v) is 2.31. The third-order valence-electron chi connectivity index (χ3n) is 3.18. The zero-order valence-corrected chi connectivity index (χ0v) is 13.2. The van der Waals surface area contributed by atoms with Crippen molar-refractivity contribution < 1.29 is 0 Å². The predicted molar refractivity (Wildman–Crippen MR) is 78.1 cm³/mol. The van der Waals surface area contributed by atoms with Crippen LogP contribution in [0.4, 0.5) is 5.82 Å². The summed E-state index contributed by atoms with van der Waals surface area (Å²) in [5, 5.41) is 0. The van der Waals surface area contributed by atoms with Crippen LogP contribution in [-0.4, -0.2) is 48.1 Å². The Morgan fingerprint density at radius 3 is 2.28 bits per heavy atom. The molecule has 18 heavy (non-hydrogen) atoms. The van der Waals surface area contributed by atoms with Crippen LogP contribution in [0.25, 0.3) is 0 Å². The van der Waals surface area contributed by atoms with Crippen LogP contribution in [0.1, 0.15) is 26.6 Å². The second kappa shape index (κ2) is 5.13. The van der Waals surface area contributed by atoms with E-state index >= 15 is 0 Å². The van der Waals surface area contributed by atoms with Crippen molar-refractivity contribution in [2.75, 3.05) is 38.1 Å². The maximum atomic E-state index is 4.72. The first-order valence-electron chi connectivity index (χ1n) is 6.35. The highest BCUT2D eigenvalue weighted by Crippen LogP contribution is 2.24. The van der Waals surface area contributed by atoms with Gasteiger partial charge in [0.2, 0.25) is 0 Å². The van der Waals surface area contributed by atoms with Gasteiger partial charge in [-0.3, -0.25) is 0 Å². The van der Waals surface area contributed by atoms with E-state index in [0.717, 1.165) is 42.4 Å². The van der Waals surface area contributed by atoms with Crippen molar-refractivity contribution in [1.29, 1.82) is 0 Å². The summed E-state index contributed by atoms with van der Waals surface area (Å²) in [6, 6.07) is 2.01. The lowest BCUT2D eigenvalue weighted by atomic mass is 9.96. The lowest BCUT2D eigenvalue weighted by Crippen LogP contribution is -2.45. The fraction of sp³-hybridized carbons (Fsp3) is 0.692. The summed E-state index contributed by atoms with van der Waals surface area (Å²) < 4.78 is 0.872. The Balaban J connectivity index is 2.25. The summed E-state index contributed by atoms with van der Waals surface area (Å²) in [6.07, 6.45) is 0. The van der Waals surface area contributed by atoms with Crippen molar-refractivity contribution in [1.82, 2.24) is 14.9 Å². The minimum atomic E-state index is -0.0227. The highest BCUT2D eigenvalue weighted by atomic mass is 79.9. The van der Waals surface area contributed by atoms with E-state index in [9.17, 15) is 0 Å². The highest BCUT2D eigenvalue weighted by Gasteiger charge is 2.21. The average Bonchev–Trinajstić information content (AvgIpc) is 2.28. The molecule has 0 aliphatic carbocycles. The number of nitrogens with zero attached hydrogens (tertiary/aromatic N) is 4. The molecule has 0 bridgehead atoms. The molecule has 5 heteroatoms. The Hall–Kier alpha value is -0.680. The van der Waals surface area contributed by atoms with Crippen LogP contribution in [0.2, 0.25) is 0 Å². The van der Waals surface area contributed by atoms with Crippen molar-refractivity contribution in [3.05, 3.63) is 16.5 Å². The second-order valence-electron chi connectivity index (χ2n) is 5.91. The molecular formula is C13H21BrN4. The Bertz CT molecular complexity index is 419. The number of hydrogen-bond donors (Lipinski definition) is 0. The minimum absolute atomic E-state index is 0.0227. The van der Waals surface area contributed by atoms with Gasteiger partial charge in [-0.2, -0.15) is 0 Å². The molecular weight excluding hydrogens is 292 g/mol. The molecule has 1 saturated heterocycles. The Labute approximate surface area is 118 Å². The van der Waals surface area contributed by atoms with E-state index in [-0.39, 0.29) is 5.41 Å². The van der Waals surface area contributed by atoms with E-state index in [1.54, 1.807) is 0 Å². The monoisotopic (exact) mass is 312 g/mol. The Kier molecular flexibility index (Phi) is 3.92. The quantitative estimate of drug-likeness (QED) is 0.745. The van der Waals surface area contributed by atoms with E-state index in [4.69, 9.17) is 4.98 Å². The minimum Gasteiger partial charge on any atom is -0.354 e. The highest BCUT2D eigenvalue weighted by molar-refractivity contribution is 9.10. The summed E-state index contributed by atoms with van der Waals surface area (Å²) in [5.41, 5.74) is -0.0227. The molecule has 2 heterocycles. The van der Waals surface area contributed by atoms with Crippen molar-refractivity contribution >= 4 is 21.7 Å². The first kappa shape index (κ1) is 13.7. The molecule has 4 nitrogen and oxygen atoms in total. The molecule has 0 aromatic carbocycles. The maximum absolute atomic E-state index is 4.72. The summed E-state index contributed by atoms with van der Waals surface area (Å²) in [5.74, 6) is 1.93. The Morgan fingerprint density at radius 2 is 1.72 bits per heavy atom. The molecule has 1 aliphatic rings. The van der Waals surface area contributed by atoms with E-state index in [1.165, 1.54) is 0 Å². The Morgan fingerprint density at radius 1 is 1.11 bits per heavy atom. The number of anilines is 1. The number of likely N-dealkylation sites (N-methyl/N-ethyl adjacent to an activating group) is 1. The number of hydrogen-bond acceptors (Lipinski definition) is 4. The third kappa shape index (κ3) is 3.20. The molecule has 1 fully saturated rings. The zero-order chi connectivity index (χ0) is 13.3. The fourth-order valence-electron chi connectivity index (χ4n) is 1.94. The molecule has 0 spiro atoms. The summed E-state index contributed by atoms with van der Waals surface area (Å²) >= 11 is 3.50. The SMILES string of the molecule is CN1CCN(c2cc(Br)nc(C(C)(C)C)n2)CC1. The molecule has 0 radical (unpaired) electrons. The van der Waals surface area contributed by atoms with Gasteiger partial charge < -0.3 is 9.80 Å². The lowest BCUT2D eigenvalue weighted by Gasteiger charge is -2.33. The maximum Gasteiger partial charge on any atom is 0.137 e. The van der Waals surface area contributed by atoms with Crippen molar-refractivity contribution in [3.63, 3.8) is 0 Å². The van der Waals surface area contributed by atoms with E-state index < -0.39 is 0 Å². The van der Waals surface area contributed by atoms with E-state index in [1.807, 2.05) is 6.07 Å². The molecule has 0 saturated carbocycles. The van der Waals surface area contributed by atoms with Gasteiger partial charge in [-0.15, -0.1) is 0 Å². The molecule has 0 atom stereocenters. The molecule has 0 N–H and O–H groups in total. The molecule has 100 valence electrons. The largest absolute Gasteiger partial charge is 0.354 e. The van der Waals surface area contributed by atoms with E-state index in [0.29, 0.717) is 0 Å². The van der Waals surface area contributed by atoms with Gasteiger partial charge >= 0.3 is 0 Å². The van der Waals surface area contributed by atoms with E-state index in [2.05, 4.69) is 58.5 Å². The number of aromatic nitrogens is 2. The van der Waals surface area contributed by atoms with Gasteiger partial charge in [0, 0.05) is 37.7 Å². The second-order valence-corrected chi connectivity index (χ2v) is 6.73. The standard InChI is InChI=1S/C13H21BrN4/c1-13(2,3)12-15-10(14)9-11(16-12)18-7-5-17(4)6-8-18/h9H,5-8H2,1-4H3. The number of rotatable bonds is 1. The topological polar surface area (TPSA) is 32.3 Å². The normalized spacial score (nSPS) is 18.2. The molecule has 1 aliphatic heterocycles. The van der Waals surface area contributed by atoms with Crippen LogP contribution in [0.5, 0.6) is 0 Å². The lowest BCUT2D eigenvalue weighted by molar-refractivity contribution is 0.311. The third-order valence-corrected chi connectivity index (χ3v) is 3.59. The van der Waals surface area contributed by atoms with Crippen molar-refractivity contribution in [2.24, 2.45) is 0 Å². The van der Waals surface area contributed by atoms with Gasteiger partial charge in [-0.05, 0) is 23.0 Å². The molecule has 1 aromatic heterocycles. The molecule has 0 amide bonds. The molecule has 2 rings (SSSR count). The van der Waals surface area contributed by atoms with Crippen LogP contribution in [0.3, 0.4) is 0 Å². The van der Waals surface area contributed by atoms with Gasteiger partial charge in [-0.1, -0.05) is 20.8 Å². The first-order valence-corrected chi connectivity index (χ1v) is 7.14. The molecule has 0 unspecified atom stereocenters. The van der Waals surface area contributed by atoms with Crippen LogP contribution in [0.15, 0.2) is 10.7 Å². The van der Waals surface area contributed by atoms with Crippen LogP contribution >= 0.6 is 15.9 Å². The van der Waals surface area contributed by atoms with Crippen molar-refractivity contribution in [3.8, 4) is 0 Å². The molecule has 1 aromatic rings. The van der Waals surface area contributed by atoms with Gasteiger partial charge in [-0.25, -0.2) is 9.97 Å². The first-order chi connectivity index (χ1) is 8.36. The van der Waals surface area contributed by atoms with Gasteiger partial charge in [0.25, 0.3) is 0 Å². The summed E-state index contributed by atoms with van der Waals surface area (Å²) in [6.45, 7) is 10.7. The van der Waals surface area contributed by atoms with Crippen molar-refractivity contribution in [2.45, 2.75) is 26.2 Å². The predicted octanol–water partition coefficient (Wildman–Crippen LogP) is 2.29.